The van der Waals surface area contributed by atoms with Gasteiger partial charge in [-0.25, -0.2) is 9.18 Å². The van der Waals surface area contributed by atoms with Gasteiger partial charge < -0.3 is 9.47 Å². The van der Waals surface area contributed by atoms with Gasteiger partial charge in [0.25, 0.3) is 11.8 Å². The van der Waals surface area contributed by atoms with Crippen LogP contribution in [-0.4, -0.2) is 24.1 Å². The lowest BCUT2D eigenvalue weighted by molar-refractivity contribution is -0.432. The summed E-state index contributed by atoms with van der Waals surface area (Å²) in [5.41, 5.74) is -0.276. The van der Waals surface area contributed by atoms with Gasteiger partial charge in [-0.1, -0.05) is 12.1 Å². The molecule has 7 heteroatoms. The van der Waals surface area contributed by atoms with E-state index in [0.717, 1.165) is 19.3 Å². The molecule has 6 nitrogen and oxygen atoms in total. The summed E-state index contributed by atoms with van der Waals surface area (Å²) in [4.78, 5) is 21.5. The van der Waals surface area contributed by atoms with Crippen molar-refractivity contribution in [2.45, 2.75) is 6.10 Å². The number of hydrogen-bond acceptors (Lipinski definition) is 5. The van der Waals surface area contributed by atoms with E-state index in [1.54, 1.807) is 0 Å². The summed E-state index contributed by atoms with van der Waals surface area (Å²) in [6.45, 7) is 0. The summed E-state index contributed by atoms with van der Waals surface area (Å²) in [5.74, 6) is -1.84. The number of fused-ring (bicyclic) bond motifs is 1. The molecule has 0 fully saturated rings. The molecule has 0 amide bonds. The van der Waals surface area contributed by atoms with Crippen LogP contribution < -0.4 is 4.74 Å². The molecule has 1 aromatic rings. The molecule has 0 saturated carbocycles. The Labute approximate surface area is 101 Å². The Hall–Kier alpha value is -2.44. The van der Waals surface area contributed by atoms with Crippen LogP contribution in [0.25, 0.3) is 6.08 Å². The van der Waals surface area contributed by atoms with E-state index in [1.807, 2.05) is 0 Å². The lowest BCUT2D eigenvalue weighted by atomic mass is 10.1. The molecular formula is C11H8FNO5. The van der Waals surface area contributed by atoms with Crippen molar-refractivity contribution >= 4 is 12.0 Å². The third kappa shape index (κ3) is 1.90. The Morgan fingerprint density at radius 1 is 1.56 bits per heavy atom. The zero-order valence-corrected chi connectivity index (χ0v) is 9.25. The molecule has 1 aromatic carbocycles. The molecule has 94 valence electrons. The summed E-state index contributed by atoms with van der Waals surface area (Å²) in [5, 5.41) is 10.8. The van der Waals surface area contributed by atoms with Crippen molar-refractivity contribution in [3.63, 3.8) is 0 Å². The Balaban J connectivity index is 2.53. The quantitative estimate of drug-likeness (QED) is 0.452. The first-order valence-corrected chi connectivity index (χ1v) is 4.93. The average molecular weight is 253 g/mol. The highest BCUT2D eigenvalue weighted by Crippen LogP contribution is 2.32. The van der Waals surface area contributed by atoms with Crippen molar-refractivity contribution < 1.29 is 23.6 Å². The maximum atomic E-state index is 13.5. The Morgan fingerprint density at radius 3 is 2.89 bits per heavy atom. The van der Waals surface area contributed by atoms with Gasteiger partial charge in [0.2, 0.25) is 0 Å². The Morgan fingerprint density at radius 2 is 2.28 bits per heavy atom. The number of esters is 1. The van der Waals surface area contributed by atoms with Crippen LogP contribution in [-0.2, 0) is 9.53 Å². The fourth-order valence-electron chi connectivity index (χ4n) is 1.60. The van der Waals surface area contributed by atoms with Crippen molar-refractivity contribution in [3.8, 4) is 5.75 Å². The van der Waals surface area contributed by atoms with Crippen LogP contribution in [0.5, 0.6) is 5.75 Å². The highest BCUT2D eigenvalue weighted by molar-refractivity contribution is 5.82. The predicted octanol–water partition coefficient (Wildman–Crippen LogP) is 1.38. The topological polar surface area (TPSA) is 78.7 Å². The number of methoxy groups -OCH3 is 1. The van der Waals surface area contributed by atoms with Gasteiger partial charge in [-0.15, -0.1) is 0 Å². The number of nitrogens with zero attached hydrogens (tertiary/aromatic N) is 1. The number of carbonyl (C=O) groups excluding carboxylic acids is 1. The maximum Gasteiger partial charge on any atom is 0.358 e. The summed E-state index contributed by atoms with van der Waals surface area (Å²) in [6.07, 6.45) is -0.460. The number of rotatable bonds is 2. The van der Waals surface area contributed by atoms with Gasteiger partial charge in [-0.2, -0.15) is 0 Å². The minimum Gasteiger partial charge on any atom is -0.466 e. The molecule has 1 atom stereocenters. The van der Waals surface area contributed by atoms with Crippen LogP contribution in [0, 0.1) is 15.9 Å². The number of hydrogen-bond donors (Lipinski definition) is 0. The zero-order valence-electron chi connectivity index (χ0n) is 9.25. The second-order valence-corrected chi connectivity index (χ2v) is 3.51. The Bertz CT molecular complexity index is 554. The van der Waals surface area contributed by atoms with Gasteiger partial charge in [0.15, 0.2) is 11.6 Å². The second kappa shape index (κ2) is 4.44. The maximum absolute atomic E-state index is 13.5. The van der Waals surface area contributed by atoms with E-state index in [9.17, 15) is 19.3 Å². The van der Waals surface area contributed by atoms with E-state index in [0.29, 0.717) is 0 Å². The highest BCUT2D eigenvalue weighted by Gasteiger charge is 2.39. The predicted molar refractivity (Wildman–Crippen MR) is 57.8 cm³/mol. The van der Waals surface area contributed by atoms with Gasteiger partial charge in [0.1, 0.15) is 0 Å². The monoisotopic (exact) mass is 253 g/mol. The Kier molecular flexibility index (Phi) is 2.97. The van der Waals surface area contributed by atoms with Gasteiger partial charge in [0, 0.05) is 11.6 Å². The molecule has 1 unspecified atom stereocenters. The number of para-hydroxylation sites is 1. The van der Waals surface area contributed by atoms with Gasteiger partial charge in [0.05, 0.1) is 12.0 Å². The summed E-state index contributed by atoms with van der Waals surface area (Å²) in [7, 11) is 1.07. The van der Waals surface area contributed by atoms with Gasteiger partial charge in [-0.3, -0.25) is 10.1 Å². The van der Waals surface area contributed by atoms with Gasteiger partial charge >= 0.3 is 5.97 Å². The number of halogens is 1. The minimum atomic E-state index is -1.56. The zero-order chi connectivity index (χ0) is 13.3. The molecule has 0 radical (unpaired) electrons. The normalized spacial score (nSPS) is 17.2. The van der Waals surface area contributed by atoms with Gasteiger partial charge in [-0.05, 0) is 6.07 Å². The molecule has 0 N–H and O–H groups in total. The number of carbonyl (C=O) groups is 1. The van der Waals surface area contributed by atoms with Crippen LogP contribution in [0.3, 0.4) is 0 Å². The highest BCUT2D eigenvalue weighted by atomic mass is 19.1. The second-order valence-electron chi connectivity index (χ2n) is 3.51. The van der Waals surface area contributed by atoms with Crippen molar-refractivity contribution in [2.24, 2.45) is 0 Å². The van der Waals surface area contributed by atoms with Crippen molar-refractivity contribution in [3.05, 3.63) is 45.4 Å². The summed E-state index contributed by atoms with van der Waals surface area (Å²) in [6, 6.07) is 3.98. The fourth-order valence-corrected chi connectivity index (χ4v) is 1.60. The smallest absolute Gasteiger partial charge is 0.358 e. The largest absolute Gasteiger partial charge is 0.466 e. The SMILES string of the molecule is COC(=O)C1Oc2c(F)cccc2C=C1[N+](=O)[O-]. The summed E-state index contributed by atoms with van der Waals surface area (Å²) < 4.78 is 22.9. The van der Waals surface area contributed by atoms with Crippen molar-refractivity contribution in [2.75, 3.05) is 7.11 Å². The molecule has 1 heterocycles. The van der Waals surface area contributed by atoms with E-state index in [4.69, 9.17) is 4.74 Å². The molecule has 18 heavy (non-hydrogen) atoms. The third-order valence-corrected chi connectivity index (χ3v) is 2.43. The van der Waals surface area contributed by atoms with E-state index >= 15 is 0 Å². The number of benzene rings is 1. The fraction of sp³-hybridized carbons (Fsp3) is 0.182. The van der Waals surface area contributed by atoms with E-state index in [2.05, 4.69) is 4.74 Å². The van der Waals surface area contributed by atoms with Crippen molar-refractivity contribution in [1.82, 2.24) is 0 Å². The first-order valence-electron chi connectivity index (χ1n) is 4.93. The van der Waals surface area contributed by atoms with Crippen LogP contribution in [0.2, 0.25) is 0 Å². The van der Waals surface area contributed by atoms with Crippen LogP contribution >= 0.6 is 0 Å². The summed E-state index contributed by atoms with van der Waals surface area (Å²) >= 11 is 0. The van der Waals surface area contributed by atoms with E-state index in [-0.39, 0.29) is 11.3 Å². The first-order chi connectivity index (χ1) is 8.54. The molecule has 0 aromatic heterocycles. The first kappa shape index (κ1) is 12.0. The van der Waals surface area contributed by atoms with Crippen LogP contribution in [0.4, 0.5) is 4.39 Å². The molecule has 0 aliphatic carbocycles. The minimum absolute atomic E-state index is 0.196. The molecular weight excluding hydrogens is 245 g/mol. The average Bonchev–Trinajstić information content (AvgIpc) is 2.37. The molecule has 0 bridgehead atoms. The number of ether oxygens (including phenoxy) is 2. The van der Waals surface area contributed by atoms with E-state index in [1.165, 1.54) is 12.1 Å². The van der Waals surface area contributed by atoms with E-state index < -0.39 is 28.5 Å². The number of nitro groups is 1. The molecule has 1 aliphatic heterocycles. The molecule has 2 rings (SSSR count). The lowest BCUT2D eigenvalue weighted by Gasteiger charge is -2.20. The van der Waals surface area contributed by atoms with Crippen LogP contribution in [0.1, 0.15) is 5.56 Å². The van der Waals surface area contributed by atoms with Crippen molar-refractivity contribution in [1.29, 1.82) is 0 Å². The standard InChI is InChI=1S/C11H8FNO5/c1-17-11(14)10-8(13(15)16)5-6-3-2-4-7(12)9(6)18-10/h2-5,10H,1H3. The lowest BCUT2D eigenvalue weighted by Crippen LogP contribution is -2.35. The third-order valence-electron chi connectivity index (χ3n) is 2.43. The van der Waals surface area contributed by atoms with Crippen LogP contribution in [0.15, 0.2) is 23.9 Å². The molecule has 0 spiro atoms. The molecule has 1 aliphatic rings. The molecule has 0 saturated heterocycles.